The van der Waals surface area contributed by atoms with Gasteiger partial charge in [-0.3, -0.25) is 0 Å². The van der Waals surface area contributed by atoms with Gasteiger partial charge >= 0.3 is 0 Å². The van der Waals surface area contributed by atoms with Crippen molar-refractivity contribution < 1.29 is 4.74 Å². The second kappa shape index (κ2) is 8.98. The summed E-state index contributed by atoms with van der Waals surface area (Å²) >= 11 is 0. The van der Waals surface area contributed by atoms with Crippen molar-refractivity contribution in [1.82, 2.24) is 5.32 Å². The van der Waals surface area contributed by atoms with Crippen molar-refractivity contribution in [2.75, 3.05) is 13.7 Å². The lowest BCUT2D eigenvalue weighted by Crippen LogP contribution is -2.35. The SMILES string of the molecule is CCCNC(CC)C(C)CCc1ccc(OC)cc1. The van der Waals surface area contributed by atoms with Gasteiger partial charge in [-0.15, -0.1) is 0 Å². The Bertz CT molecular complexity index is 334. The average molecular weight is 263 g/mol. The standard InChI is InChI=1S/C17H29NO/c1-5-13-18-17(6-2)14(3)7-8-15-9-11-16(19-4)12-10-15/h9-12,14,17-18H,5-8,13H2,1-4H3. The smallest absolute Gasteiger partial charge is 0.118 e. The van der Waals surface area contributed by atoms with Crippen LogP contribution in [0.25, 0.3) is 0 Å². The van der Waals surface area contributed by atoms with Gasteiger partial charge in [0.15, 0.2) is 0 Å². The van der Waals surface area contributed by atoms with Crippen LogP contribution in [-0.2, 0) is 6.42 Å². The molecule has 1 N–H and O–H groups in total. The first kappa shape index (κ1) is 16.0. The molecule has 0 aliphatic rings. The molecule has 0 heterocycles. The Morgan fingerprint density at radius 1 is 1.16 bits per heavy atom. The number of hydrogen-bond donors (Lipinski definition) is 1. The predicted octanol–water partition coefficient (Wildman–Crippen LogP) is 4.04. The van der Waals surface area contributed by atoms with Crippen LogP contribution in [0.15, 0.2) is 24.3 Å². The first-order chi connectivity index (χ1) is 9.21. The number of benzene rings is 1. The molecule has 1 rings (SSSR count). The Hall–Kier alpha value is -1.02. The fraction of sp³-hybridized carbons (Fsp3) is 0.647. The summed E-state index contributed by atoms with van der Waals surface area (Å²) < 4.78 is 5.18. The quantitative estimate of drug-likeness (QED) is 0.726. The largest absolute Gasteiger partial charge is 0.497 e. The van der Waals surface area contributed by atoms with Crippen molar-refractivity contribution in [3.05, 3.63) is 29.8 Å². The normalized spacial score (nSPS) is 14.1. The average Bonchev–Trinajstić information content (AvgIpc) is 2.46. The number of nitrogens with one attached hydrogen (secondary N) is 1. The maximum absolute atomic E-state index is 5.18. The van der Waals surface area contributed by atoms with Gasteiger partial charge in [0, 0.05) is 6.04 Å². The zero-order valence-electron chi connectivity index (χ0n) is 12.9. The van der Waals surface area contributed by atoms with Crippen molar-refractivity contribution in [1.29, 1.82) is 0 Å². The van der Waals surface area contributed by atoms with E-state index < -0.39 is 0 Å². The topological polar surface area (TPSA) is 21.3 Å². The molecule has 0 aliphatic heterocycles. The van der Waals surface area contributed by atoms with E-state index >= 15 is 0 Å². The predicted molar refractivity (Wildman–Crippen MR) is 82.9 cm³/mol. The molecule has 0 aliphatic carbocycles. The van der Waals surface area contributed by atoms with Crippen LogP contribution in [-0.4, -0.2) is 19.7 Å². The summed E-state index contributed by atoms with van der Waals surface area (Å²) in [4.78, 5) is 0. The van der Waals surface area contributed by atoms with E-state index in [1.165, 1.54) is 24.8 Å². The van der Waals surface area contributed by atoms with E-state index in [1.807, 2.05) is 12.1 Å². The second-order valence-electron chi connectivity index (χ2n) is 5.33. The molecule has 0 saturated carbocycles. The lowest BCUT2D eigenvalue weighted by Gasteiger charge is -2.24. The highest BCUT2D eigenvalue weighted by Gasteiger charge is 2.14. The Labute approximate surface area is 118 Å². The van der Waals surface area contributed by atoms with Crippen molar-refractivity contribution in [3.63, 3.8) is 0 Å². The van der Waals surface area contributed by atoms with Crippen LogP contribution < -0.4 is 10.1 Å². The van der Waals surface area contributed by atoms with Gasteiger partial charge in [-0.05, 0) is 55.8 Å². The van der Waals surface area contributed by atoms with Gasteiger partial charge in [-0.1, -0.05) is 32.9 Å². The van der Waals surface area contributed by atoms with Gasteiger partial charge in [0.25, 0.3) is 0 Å². The third-order valence-corrected chi connectivity index (χ3v) is 3.83. The molecular weight excluding hydrogens is 234 g/mol. The first-order valence-electron chi connectivity index (χ1n) is 7.57. The molecule has 2 nitrogen and oxygen atoms in total. The summed E-state index contributed by atoms with van der Waals surface area (Å²) in [5, 5.41) is 3.65. The van der Waals surface area contributed by atoms with E-state index in [-0.39, 0.29) is 0 Å². The summed E-state index contributed by atoms with van der Waals surface area (Å²) in [5.74, 6) is 1.66. The molecular formula is C17H29NO. The maximum Gasteiger partial charge on any atom is 0.118 e. The monoisotopic (exact) mass is 263 g/mol. The van der Waals surface area contributed by atoms with E-state index in [9.17, 15) is 0 Å². The summed E-state index contributed by atoms with van der Waals surface area (Å²) in [6.07, 6.45) is 4.81. The summed E-state index contributed by atoms with van der Waals surface area (Å²) in [7, 11) is 1.71. The van der Waals surface area contributed by atoms with Crippen LogP contribution >= 0.6 is 0 Å². The lowest BCUT2D eigenvalue weighted by atomic mass is 9.92. The van der Waals surface area contributed by atoms with Crippen LogP contribution in [0.4, 0.5) is 0 Å². The highest BCUT2D eigenvalue weighted by atomic mass is 16.5. The Balaban J connectivity index is 2.40. The van der Waals surface area contributed by atoms with Gasteiger partial charge in [-0.2, -0.15) is 0 Å². The molecule has 108 valence electrons. The molecule has 2 heteroatoms. The molecule has 0 bridgehead atoms. The minimum atomic E-state index is 0.651. The van der Waals surface area contributed by atoms with Gasteiger partial charge in [0.1, 0.15) is 5.75 Å². The van der Waals surface area contributed by atoms with Gasteiger partial charge in [0.2, 0.25) is 0 Å². The fourth-order valence-electron chi connectivity index (χ4n) is 2.47. The third-order valence-electron chi connectivity index (χ3n) is 3.83. The molecule has 0 fully saturated rings. The Kier molecular flexibility index (Phi) is 7.57. The molecule has 2 atom stereocenters. The van der Waals surface area contributed by atoms with Crippen LogP contribution in [0.1, 0.15) is 45.6 Å². The van der Waals surface area contributed by atoms with Crippen molar-refractivity contribution in [2.45, 2.75) is 52.5 Å². The molecule has 0 radical (unpaired) electrons. The number of hydrogen-bond acceptors (Lipinski definition) is 2. The molecule has 1 aromatic rings. The van der Waals surface area contributed by atoms with Crippen LogP contribution in [0.3, 0.4) is 0 Å². The van der Waals surface area contributed by atoms with Crippen LogP contribution in [0, 0.1) is 5.92 Å². The number of methoxy groups -OCH3 is 1. The second-order valence-corrected chi connectivity index (χ2v) is 5.33. The highest BCUT2D eigenvalue weighted by Crippen LogP contribution is 2.17. The highest BCUT2D eigenvalue weighted by molar-refractivity contribution is 5.27. The number of ether oxygens (including phenoxy) is 1. The van der Waals surface area contributed by atoms with Crippen molar-refractivity contribution >= 4 is 0 Å². The summed E-state index contributed by atoms with van der Waals surface area (Å²) in [5.41, 5.74) is 1.40. The van der Waals surface area contributed by atoms with E-state index in [0.29, 0.717) is 6.04 Å². The van der Waals surface area contributed by atoms with E-state index in [1.54, 1.807) is 7.11 Å². The van der Waals surface area contributed by atoms with Gasteiger partial charge in [0.05, 0.1) is 7.11 Å². The zero-order chi connectivity index (χ0) is 14.1. The molecule has 0 amide bonds. The number of aryl methyl sites for hydroxylation is 1. The zero-order valence-corrected chi connectivity index (χ0v) is 12.9. The lowest BCUT2D eigenvalue weighted by molar-refractivity contribution is 0.349. The van der Waals surface area contributed by atoms with Crippen molar-refractivity contribution in [3.8, 4) is 5.75 Å². The molecule has 2 unspecified atom stereocenters. The molecule has 0 spiro atoms. The van der Waals surface area contributed by atoms with Crippen molar-refractivity contribution in [2.24, 2.45) is 5.92 Å². The molecule has 0 saturated heterocycles. The summed E-state index contributed by atoms with van der Waals surface area (Å²) in [6, 6.07) is 9.09. The van der Waals surface area contributed by atoms with E-state index in [0.717, 1.165) is 24.6 Å². The van der Waals surface area contributed by atoms with Gasteiger partial charge < -0.3 is 10.1 Å². The molecule has 1 aromatic carbocycles. The first-order valence-corrected chi connectivity index (χ1v) is 7.57. The molecule has 19 heavy (non-hydrogen) atoms. The van der Waals surface area contributed by atoms with Crippen LogP contribution in [0.5, 0.6) is 5.75 Å². The van der Waals surface area contributed by atoms with E-state index in [2.05, 4.69) is 38.2 Å². The molecule has 0 aromatic heterocycles. The summed E-state index contributed by atoms with van der Waals surface area (Å²) in [6.45, 7) is 7.99. The van der Waals surface area contributed by atoms with Gasteiger partial charge in [-0.25, -0.2) is 0 Å². The Morgan fingerprint density at radius 3 is 2.37 bits per heavy atom. The maximum atomic E-state index is 5.18. The minimum absolute atomic E-state index is 0.651. The Morgan fingerprint density at radius 2 is 1.84 bits per heavy atom. The fourth-order valence-corrected chi connectivity index (χ4v) is 2.47. The number of rotatable bonds is 9. The minimum Gasteiger partial charge on any atom is -0.497 e. The third kappa shape index (κ3) is 5.65. The van der Waals surface area contributed by atoms with Crippen LogP contribution in [0.2, 0.25) is 0 Å². The van der Waals surface area contributed by atoms with E-state index in [4.69, 9.17) is 4.74 Å².